The Balaban J connectivity index is 0.00000178. The highest BCUT2D eigenvalue weighted by Gasteiger charge is 2.22. The van der Waals surface area contributed by atoms with E-state index in [0.717, 1.165) is 39.1 Å². The van der Waals surface area contributed by atoms with Gasteiger partial charge in [-0.15, -0.1) is 11.3 Å². The fraction of sp³-hybridized carbons (Fsp3) is 0.0400. The largest absolute Gasteiger partial charge is 0.277 e. The molecular formula is C50H35N3S. The zero-order valence-corrected chi connectivity index (χ0v) is 30.8. The van der Waals surface area contributed by atoms with Gasteiger partial charge in [-0.1, -0.05) is 166 Å². The molecule has 256 valence electrons. The molecular weight excluding hydrogens is 675 g/mol. The van der Waals surface area contributed by atoms with Gasteiger partial charge in [0.25, 0.3) is 0 Å². The molecule has 11 rings (SSSR count). The Morgan fingerprint density at radius 1 is 0.426 bits per heavy atom. The summed E-state index contributed by atoms with van der Waals surface area (Å²) in [5.74, 6) is 0.650. The molecule has 3 nitrogen and oxygen atoms in total. The van der Waals surface area contributed by atoms with Crippen LogP contribution in [-0.4, -0.2) is 14.5 Å². The van der Waals surface area contributed by atoms with E-state index < -0.39 is 0 Å². The van der Waals surface area contributed by atoms with Crippen molar-refractivity contribution in [3.63, 3.8) is 0 Å². The van der Waals surface area contributed by atoms with Crippen LogP contribution in [0.1, 0.15) is 13.8 Å². The summed E-state index contributed by atoms with van der Waals surface area (Å²) in [5.41, 5.74) is 8.38. The second-order valence-electron chi connectivity index (χ2n) is 13.4. The number of thiophene rings is 1. The first-order chi connectivity index (χ1) is 26.8. The SMILES string of the molecule is CC.c1ccc(-c2cc(-c3ccccc3)nc(-n3c4ccc5ccccc5c4c4cccc(-c5ccc6c(c5)sc5ccc7ccccc7c56)c43)n2)cc1. The number of hydrogen-bond donors (Lipinski definition) is 0. The van der Waals surface area contributed by atoms with Crippen LogP contribution in [-0.2, 0) is 0 Å². The van der Waals surface area contributed by atoms with E-state index in [4.69, 9.17) is 9.97 Å². The molecule has 0 aliphatic rings. The normalized spacial score (nSPS) is 11.5. The lowest BCUT2D eigenvalue weighted by molar-refractivity contribution is 0.996. The van der Waals surface area contributed by atoms with Gasteiger partial charge in [-0.05, 0) is 51.4 Å². The van der Waals surface area contributed by atoms with Gasteiger partial charge in [0.15, 0.2) is 0 Å². The van der Waals surface area contributed by atoms with Crippen LogP contribution in [0.4, 0.5) is 0 Å². The molecule has 0 saturated heterocycles. The molecule has 0 aliphatic carbocycles. The summed E-state index contributed by atoms with van der Waals surface area (Å²) in [6, 6.07) is 63.0. The highest BCUT2D eigenvalue weighted by molar-refractivity contribution is 7.26. The number of benzene rings is 8. The molecule has 0 fully saturated rings. The van der Waals surface area contributed by atoms with Crippen LogP contribution in [0.5, 0.6) is 0 Å². The van der Waals surface area contributed by atoms with Gasteiger partial charge < -0.3 is 0 Å². The van der Waals surface area contributed by atoms with Crippen LogP contribution in [0, 0.1) is 0 Å². The summed E-state index contributed by atoms with van der Waals surface area (Å²) in [7, 11) is 0. The minimum Gasteiger partial charge on any atom is -0.277 e. The Hall–Kier alpha value is -6.62. The van der Waals surface area contributed by atoms with E-state index >= 15 is 0 Å². The summed E-state index contributed by atoms with van der Waals surface area (Å²) >= 11 is 1.87. The summed E-state index contributed by atoms with van der Waals surface area (Å²) in [6.07, 6.45) is 0. The van der Waals surface area contributed by atoms with Gasteiger partial charge in [-0.25, -0.2) is 9.97 Å². The predicted octanol–water partition coefficient (Wildman–Crippen LogP) is 14.3. The molecule has 54 heavy (non-hydrogen) atoms. The molecule has 8 aromatic carbocycles. The quantitative estimate of drug-likeness (QED) is 0.182. The monoisotopic (exact) mass is 709 g/mol. The lowest BCUT2D eigenvalue weighted by Crippen LogP contribution is -2.04. The van der Waals surface area contributed by atoms with Crippen molar-refractivity contribution in [1.29, 1.82) is 0 Å². The molecule has 0 spiro atoms. The number of para-hydroxylation sites is 1. The topological polar surface area (TPSA) is 30.7 Å². The maximum absolute atomic E-state index is 5.35. The van der Waals surface area contributed by atoms with E-state index in [-0.39, 0.29) is 0 Å². The second-order valence-corrected chi connectivity index (χ2v) is 14.4. The number of nitrogens with zero attached hydrogens (tertiary/aromatic N) is 3. The molecule has 3 heterocycles. The van der Waals surface area contributed by atoms with Gasteiger partial charge in [-0.2, -0.15) is 0 Å². The maximum atomic E-state index is 5.35. The van der Waals surface area contributed by atoms with E-state index in [1.165, 1.54) is 58.1 Å². The van der Waals surface area contributed by atoms with E-state index in [9.17, 15) is 0 Å². The number of rotatable bonds is 4. The van der Waals surface area contributed by atoms with E-state index in [1.807, 2.05) is 37.3 Å². The Kier molecular flexibility index (Phi) is 7.78. The van der Waals surface area contributed by atoms with Gasteiger partial charge in [0.2, 0.25) is 5.95 Å². The smallest absolute Gasteiger partial charge is 0.235 e. The first-order valence-electron chi connectivity index (χ1n) is 18.6. The molecule has 0 amide bonds. The highest BCUT2D eigenvalue weighted by Crippen LogP contribution is 2.44. The Morgan fingerprint density at radius 2 is 1.02 bits per heavy atom. The Bertz CT molecular complexity index is 3120. The maximum Gasteiger partial charge on any atom is 0.235 e. The molecule has 0 N–H and O–H groups in total. The number of aromatic nitrogens is 3. The average Bonchev–Trinajstić information content (AvgIpc) is 3.81. The van der Waals surface area contributed by atoms with Crippen LogP contribution in [0.25, 0.3) is 103 Å². The minimum atomic E-state index is 0.650. The summed E-state index contributed by atoms with van der Waals surface area (Å²) in [4.78, 5) is 10.7. The predicted molar refractivity (Wildman–Crippen MR) is 232 cm³/mol. The summed E-state index contributed by atoms with van der Waals surface area (Å²) in [5, 5.41) is 10.0. The highest BCUT2D eigenvalue weighted by atomic mass is 32.1. The van der Waals surface area contributed by atoms with Crippen LogP contribution in [0.2, 0.25) is 0 Å². The fourth-order valence-corrected chi connectivity index (χ4v) is 9.20. The standard InChI is InChI=1S/C48H29N3S.C2H6/c1-3-14-32(15-4-1)40-29-41(33-16-5-2-6-17-33)50-48(49-40)51-42-26-23-30-12-7-9-18-35(30)45(42)39-21-11-20-37(47(39)51)34-22-25-38-44(28-34)52-43-27-24-31-13-8-10-19-36(31)46(38)43;1-2/h1-29H;1-2H3. The van der Waals surface area contributed by atoms with E-state index in [1.54, 1.807) is 0 Å². The van der Waals surface area contributed by atoms with Crippen LogP contribution in [0.3, 0.4) is 0 Å². The van der Waals surface area contributed by atoms with Gasteiger partial charge in [0, 0.05) is 47.6 Å². The zero-order chi connectivity index (χ0) is 36.2. The first kappa shape index (κ1) is 32.1. The molecule has 0 aliphatic heterocycles. The lowest BCUT2D eigenvalue weighted by atomic mass is 9.98. The fourth-order valence-electron chi connectivity index (χ4n) is 8.04. The van der Waals surface area contributed by atoms with Gasteiger partial charge >= 0.3 is 0 Å². The third-order valence-electron chi connectivity index (χ3n) is 10.4. The number of hydrogen-bond acceptors (Lipinski definition) is 3. The molecule has 3 aromatic heterocycles. The van der Waals surface area contributed by atoms with E-state index in [2.05, 4.69) is 168 Å². The van der Waals surface area contributed by atoms with Crippen molar-refractivity contribution in [2.75, 3.05) is 0 Å². The molecule has 0 atom stereocenters. The van der Waals surface area contributed by atoms with Crippen molar-refractivity contribution in [1.82, 2.24) is 14.5 Å². The third kappa shape index (κ3) is 5.10. The minimum absolute atomic E-state index is 0.650. The zero-order valence-electron chi connectivity index (χ0n) is 30.0. The molecule has 0 unspecified atom stereocenters. The van der Waals surface area contributed by atoms with Crippen molar-refractivity contribution >= 4 is 74.9 Å². The third-order valence-corrected chi connectivity index (χ3v) is 11.5. The van der Waals surface area contributed by atoms with Gasteiger partial charge in [0.1, 0.15) is 0 Å². The summed E-state index contributed by atoms with van der Waals surface area (Å²) in [6.45, 7) is 4.00. The molecule has 4 heteroatoms. The lowest BCUT2D eigenvalue weighted by Gasteiger charge is -2.14. The van der Waals surface area contributed by atoms with Gasteiger partial charge in [0.05, 0.1) is 22.4 Å². The molecule has 0 radical (unpaired) electrons. The van der Waals surface area contributed by atoms with Crippen molar-refractivity contribution in [2.24, 2.45) is 0 Å². The van der Waals surface area contributed by atoms with Crippen LogP contribution >= 0.6 is 11.3 Å². The molecule has 0 bridgehead atoms. The summed E-state index contributed by atoms with van der Waals surface area (Å²) < 4.78 is 4.89. The average molecular weight is 710 g/mol. The second kappa shape index (κ2) is 13.1. The van der Waals surface area contributed by atoms with Crippen molar-refractivity contribution < 1.29 is 0 Å². The van der Waals surface area contributed by atoms with Crippen molar-refractivity contribution in [3.05, 3.63) is 176 Å². The van der Waals surface area contributed by atoms with E-state index in [0.29, 0.717) is 5.95 Å². The molecule has 11 aromatic rings. The van der Waals surface area contributed by atoms with Crippen LogP contribution in [0.15, 0.2) is 176 Å². The molecule has 0 saturated carbocycles. The Morgan fingerprint density at radius 3 is 1.70 bits per heavy atom. The Labute approximate surface area is 317 Å². The van der Waals surface area contributed by atoms with Gasteiger partial charge in [-0.3, -0.25) is 4.57 Å². The first-order valence-corrected chi connectivity index (χ1v) is 19.4. The van der Waals surface area contributed by atoms with Crippen molar-refractivity contribution in [3.8, 4) is 39.6 Å². The number of fused-ring (bicyclic) bond motifs is 10. The van der Waals surface area contributed by atoms with Crippen molar-refractivity contribution in [2.45, 2.75) is 13.8 Å². The van der Waals surface area contributed by atoms with Crippen LogP contribution < -0.4 is 0 Å².